The average Bonchev–Trinajstić information content (AvgIpc) is 2.74. The molecule has 1 heterocycles. The maximum absolute atomic E-state index is 13.7. The first-order valence-corrected chi connectivity index (χ1v) is 6.78. The van der Waals surface area contributed by atoms with Gasteiger partial charge in [-0.3, -0.25) is 14.5 Å². The fraction of sp³-hybridized carbons (Fsp3) is 0.0588. The van der Waals surface area contributed by atoms with Crippen molar-refractivity contribution >= 4 is 17.4 Å². The molecular formula is C17H11F2NO3. The molecule has 0 unspecified atom stereocenters. The molecule has 3 rings (SSSR count). The Kier molecular flexibility index (Phi) is 3.65. The van der Waals surface area contributed by atoms with Crippen LogP contribution in [0.25, 0.3) is 5.57 Å². The molecule has 0 fully saturated rings. The van der Waals surface area contributed by atoms with Gasteiger partial charge >= 0.3 is 0 Å². The number of hydrogen-bond acceptors (Lipinski definition) is 3. The molecule has 0 saturated carbocycles. The van der Waals surface area contributed by atoms with Gasteiger partial charge in [0.05, 0.1) is 12.1 Å². The number of nitrogens with zero attached hydrogens (tertiary/aromatic N) is 1. The third-order valence-electron chi connectivity index (χ3n) is 3.56. The molecule has 0 atom stereocenters. The van der Waals surface area contributed by atoms with Gasteiger partial charge in [0.1, 0.15) is 11.6 Å². The molecule has 6 heteroatoms. The number of aliphatic hydroxyl groups excluding tert-OH is 1. The Balaban J connectivity index is 1.93. The summed E-state index contributed by atoms with van der Waals surface area (Å²) >= 11 is 0. The van der Waals surface area contributed by atoms with Gasteiger partial charge in [-0.1, -0.05) is 30.3 Å². The Morgan fingerprint density at radius 1 is 0.913 bits per heavy atom. The van der Waals surface area contributed by atoms with E-state index in [-0.39, 0.29) is 23.2 Å². The molecule has 2 amide bonds. The van der Waals surface area contributed by atoms with Crippen molar-refractivity contribution in [1.82, 2.24) is 4.90 Å². The lowest BCUT2D eigenvalue weighted by Gasteiger charge is -2.15. The molecule has 1 N–H and O–H groups in total. The van der Waals surface area contributed by atoms with Gasteiger partial charge < -0.3 is 5.11 Å². The van der Waals surface area contributed by atoms with Crippen molar-refractivity contribution in [3.05, 3.63) is 77.1 Å². The molecule has 0 radical (unpaired) electrons. The summed E-state index contributed by atoms with van der Waals surface area (Å²) in [6, 6.07) is 10.6. The van der Waals surface area contributed by atoms with Crippen molar-refractivity contribution < 1.29 is 23.5 Å². The number of carbonyl (C=O) groups is 2. The molecule has 0 saturated heterocycles. The van der Waals surface area contributed by atoms with Gasteiger partial charge in [-0.2, -0.15) is 0 Å². The molecule has 23 heavy (non-hydrogen) atoms. The van der Waals surface area contributed by atoms with E-state index in [1.54, 1.807) is 6.07 Å². The summed E-state index contributed by atoms with van der Waals surface area (Å²) in [6.45, 7) is -0.293. The zero-order chi connectivity index (χ0) is 16.6. The lowest BCUT2D eigenvalue weighted by Crippen LogP contribution is -2.31. The van der Waals surface area contributed by atoms with E-state index in [1.165, 1.54) is 30.3 Å². The van der Waals surface area contributed by atoms with Gasteiger partial charge in [0, 0.05) is 5.56 Å². The van der Waals surface area contributed by atoms with Crippen LogP contribution < -0.4 is 0 Å². The minimum atomic E-state index is -0.905. The first-order chi connectivity index (χ1) is 11.0. The number of benzene rings is 2. The van der Waals surface area contributed by atoms with Crippen LogP contribution in [-0.2, 0) is 16.1 Å². The Bertz CT molecular complexity index is 828. The number of aliphatic hydroxyl groups is 1. The highest BCUT2D eigenvalue weighted by molar-refractivity contribution is 6.34. The quantitative estimate of drug-likeness (QED) is 0.886. The Morgan fingerprint density at radius 2 is 1.57 bits per heavy atom. The summed E-state index contributed by atoms with van der Waals surface area (Å²) in [5.74, 6) is -3.44. The molecule has 2 aromatic carbocycles. The van der Waals surface area contributed by atoms with Crippen LogP contribution in [-0.4, -0.2) is 21.8 Å². The van der Waals surface area contributed by atoms with Crippen molar-refractivity contribution in [3.8, 4) is 0 Å². The van der Waals surface area contributed by atoms with Crippen molar-refractivity contribution in [1.29, 1.82) is 0 Å². The standard InChI is InChI=1S/C17H11F2NO3/c18-12-7-5-10(6-8-12)14-15(21)17(23)20(16(14)22)9-11-3-1-2-4-13(11)19/h1-8,21H,9H2. The van der Waals surface area contributed by atoms with Gasteiger partial charge in [0.2, 0.25) is 0 Å². The van der Waals surface area contributed by atoms with Crippen molar-refractivity contribution in [3.63, 3.8) is 0 Å². The zero-order valence-corrected chi connectivity index (χ0v) is 11.8. The molecule has 4 nitrogen and oxygen atoms in total. The minimum Gasteiger partial charge on any atom is -0.502 e. The molecule has 0 aliphatic carbocycles. The van der Waals surface area contributed by atoms with Gasteiger partial charge in [0.15, 0.2) is 5.76 Å². The normalized spacial score (nSPS) is 14.8. The van der Waals surface area contributed by atoms with E-state index in [1.807, 2.05) is 0 Å². The van der Waals surface area contributed by atoms with E-state index in [0.29, 0.717) is 0 Å². The van der Waals surface area contributed by atoms with Crippen molar-refractivity contribution in [2.75, 3.05) is 0 Å². The number of halogens is 2. The highest BCUT2D eigenvalue weighted by atomic mass is 19.1. The van der Waals surface area contributed by atoms with E-state index >= 15 is 0 Å². The van der Waals surface area contributed by atoms with E-state index in [4.69, 9.17) is 0 Å². The number of imide groups is 1. The summed E-state index contributed by atoms with van der Waals surface area (Å²) in [5, 5.41) is 9.95. The van der Waals surface area contributed by atoms with E-state index in [9.17, 15) is 23.5 Å². The molecule has 2 aromatic rings. The van der Waals surface area contributed by atoms with Gasteiger partial charge in [-0.25, -0.2) is 8.78 Å². The fourth-order valence-electron chi connectivity index (χ4n) is 2.38. The minimum absolute atomic E-state index is 0.155. The molecule has 1 aliphatic rings. The van der Waals surface area contributed by atoms with E-state index in [2.05, 4.69) is 0 Å². The first kappa shape index (κ1) is 14.9. The summed E-state index contributed by atoms with van der Waals surface area (Å²) in [5.41, 5.74) is 0.159. The molecule has 0 aromatic heterocycles. The molecule has 0 bridgehead atoms. The second-order valence-corrected chi connectivity index (χ2v) is 5.02. The molecule has 1 aliphatic heterocycles. The fourth-order valence-corrected chi connectivity index (χ4v) is 2.38. The third-order valence-corrected chi connectivity index (χ3v) is 3.56. The van der Waals surface area contributed by atoms with Crippen LogP contribution in [0, 0.1) is 11.6 Å². The maximum atomic E-state index is 13.7. The van der Waals surface area contributed by atoms with E-state index < -0.39 is 29.2 Å². The smallest absolute Gasteiger partial charge is 0.296 e. The van der Waals surface area contributed by atoms with Crippen LogP contribution in [0.15, 0.2) is 54.3 Å². The third kappa shape index (κ3) is 2.59. The Morgan fingerprint density at radius 3 is 2.22 bits per heavy atom. The van der Waals surface area contributed by atoms with Gasteiger partial charge in [0.25, 0.3) is 11.8 Å². The first-order valence-electron chi connectivity index (χ1n) is 6.78. The molecule has 0 spiro atoms. The summed E-state index contributed by atoms with van der Waals surface area (Å²) in [7, 11) is 0. The van der Waals surface area contributed by atoms with Crippen LogP contribution in [0.2, 0.25) is 0 Å². The molecule has 116 valence electrons. The van der Waals surface area contributed by atoms with Crippen LogP contribution in [0.4, 0.5) is 8.78 Å². The van der Waals surface area contributed by atoms with Crippen LogP contribution in [0.5, 0.6) is 0 Å². The summed E-state index contributed by atoms with van der Waals surface area (Å²) in [4.78, 5) is 25.2. The number of hydrogen-bond donors (Lipinski definition) is 1. The van der Waals surface area contributed by atoms with Gasteiger partial charge in [-0.05, 0) is 23.8 Å². The number of rotatable bonds is 3. The second kappa shape index (κ2) is 5.64. The predicted molar refractivity (Wildman–Crippen MR) is 77.9 cm³/mol. The van der Waals surface area contributed by atoms with Crippen molar-refractivity contribution in [2.24, 2.45) is 0 Å². The zero-order valence-electron chi connectivity index (χ0n) is 11.8. The van der Waals surface area contributed by atoms with Crippen LogP contribution in [0.1, 0.15) is 11.1 Å². The lowest BCUT2D eigenvalue weighted by atomic mass is 10.1. The monoisotopic (exact) mass is 315 g/mol. The van der Waals surface area contributed by atoms with Gasteiger partial charge in [-0.15, -0.1) is 0 Å². The largest absolute Gasteiger partial charge is 0.502 e. The summed E-state index contributed by atoms with van der Waals surface area (Å²) in [6.07, 6.45) is 0. The van der Waals surface area contributed by atoms with Crippen molar-refractivity contribution in [2.45, 2.75) is 6.54 Å². The molecular weight excluding hydrogens is 304 g/mol. The van der Waals surface area contributed by atoms with E-state index in [0.717, 1.165) is 17.0 Å². The Labute approximate surface area is 130 Å². The predicted octanol–water partition coefficient (Wildman–Crippen LogP) is 2.80. The number of carbonyl (C=O) groups excluding carboxylic acids is 2. The maximum Gasteiger partial charge on any atom is 0.296 e. The topological polar surface area (TPSA) is 57.6 Å². The van der Waals surface area contributed by atoms with Crippen LogP contribution >= 0.6 is 0 Å². The lowest BCUT2D eigenvalue weighted by molar-refractivity contribution is -0.138. The number of amides is 2. The SMILES string of the molecule is O=C1C(O)=C(c2ccc(F)cc2)C(=O)N1Cc1ccccc1F. The highest BCUT2D eigenvalue weighted by Gasteiger charge is 2.39. The second-order valence-electron chi connectivity index (χ2n) is 5.02. The average molecular weight is 315 g/mol. The highest BCUT2D eigenvalue weighted by Crippen LogP contribution is 2.29. The Hall–Kier alpha value is -3.02. The van der Waals surface area contributed by atoms with Crippen LogP contribution in [0.3, 0.4) is 0 Å². The summed E-state index contributed by atoms with van der Waals surface area (Å²) < 4.78 is 26.7.